The molecular formula is C15H14N2O5. The van der Waals surface area contributed by atoms with Gasteiger partial charge in [0, 0.05) is 5.18 Å². The van der Waals surface area contributed by atoms with Crippen LogP contribution in [-0.4, -0.2) is 17.1 Å². The van der Waals surface area contributed by atoms with Crippen LogP contribution in [0.3, 0.4) is 0 Å². The number of hydrogen-bond acceptors (Lipinski definition) is 6. The number of nitroso groups, excluding NO2 is 1. The van der Waals surface area contributed by atoms with Crippen LogP contribution in [0, 0.1) is 4.91 Å². The Kier molecular flexibility index (Phi) is 4.82. The SMILES string of the molecule is C=C(c1ccc(O)cc1)C(c1ccco1)C(ON)C(=O)N=O. The standard InChI is InChI=1S/C15H14N2O5/c1-9(10-4-6-11(18)7-5-10)13(12-3-2-8-21-12)14(22-16)15(19)17-20/h2-8,13-14,18H,1,16H2. The Morgan fingerprint density at radius 3 is 2.50 bits per heavy atom. The molecule has 0 aliphatic rings. The van der Waals surface area contributed by atoms with E-state index < -0.39 is 17.9 Å². The number of hydrogen-bond donors (Lipinski definition) is 2. The molecule has 0 spiro atoms. The lowest BCUT2D eigenvalue weighted by Crippen LogP contribution is -2.33. The number of phenolic OH excluding ortho intramolecular Hbond substituents is 1. The number of amides is 1. The van der Waals surface area contributed by atoms with Crippen molar-refractivity contribution in [3.05, 3.63) is 65.5 Å². The molecule has 0 saturated heterocycles. The fourth-order valence-electron chi connectivity index (χ4n) is 2.16. The van der Waals surface area contributed by atoms with Gasteiger partial charge in [-0.15, -0.1) is 4.91 Å². The lowest BCUT2D eigenvalue weighted by molar-refractivity contribution is -0.130. The number of rotatable bonds is 6. The minimum absolute atomic E-state index is 0.0864. The zero-order valence-corrected chi connectivity index (χ0v) is 11.5. The van der Waals surface area contributed by atoms with Gasteiger partial charge in [-0.3, -0.25) is 9.63 Å². The summed E-state index contributed by atoms with van der Waals surface area (Å²) in [6, 6.07) is 9.40. The summed E-state index contributed by atoms with van der Waals surface area (Å²) in [7, 11) is 0. The molecule has 7 nitrogen and oxygen atoms in total. The van der Waals surface area contributed by atoms with E-state index in [-0.39, 0.29) is 5.75 Å². The molecule has 0 saturated carbocycles. The summed E-state index contributed by atoms with van der Waals surface area (Å²) < 4.78 is 5.30. The highest BCUT2D eigenvalue weighted by Gasteiger charge is 2.35. The van der Waals surface area contributed by atoms with E-state index in [0.717, 1.165) is 0 Å². The number of carbonyl (C=O) groups is 1. The zero-order chi connectivity index (χ0) is 16.1. The zero-order valence-electron chi connectivity index (χ0n) is 11.5. The molecule has 1 aromatic heterocycles. The number of benzene rings is 1. The number of carbonyl (C=O) groups excluding carboxylic acids is 1. The molecule has 0 aliphatic carbocycles. The van der Waals surface area contributed by atoms with Gasteiger partial charge in [-0.05, 0) is 35.4 Å². The molecule has 1 heterocycles. The van der Waals surface area contributed by atoms with Gasteiger partial charge < -0.3 is 9.52 Å². The molecule has 1 amide bonds. The molecule has 2 unspecified atom stereocenters. The van der Waals surface area contributed by atoms with Crippen molar-refractivity contribution in [2.45, 2.75) is 12.0 Å². The summed E-state index contributed by atoms with van der Waals surface area (Å²) in [6.45, 7) is 3.92. The van der Waals surface area contributed by atoms with Gasteiger partial charge in [-0.1, -0.05) is 18.7 Å². The first-order valence-corrected chi connectivity index (χ1v) is 6.32. The van der Waals surface area contributed by atoms with Crippen LogP contribution in [0.25, 0.3) is 5.57 Å². The van der Waals surface area contributed by atoms with E-state index in [1.807, 2.05) is 0 Å². The highest BCUT2D eigenvalue weighted by atomic mass is 16.6. The predicted molar refractivity (Wildman–Crippen MR) is 78.5 cm³/mol. The van der Waals surface area contributed by atoms with Gasteiger partial charge in [0.05, 0.1) is 12.2 Å². The van der Waals surface area contributed by atoms with Crippen LogP contribution in [0.1, 0.15) is 17.2 Å². The van der Waals surface area contributed by atoms with E-state index in [2.05, 4.69) is 16.6 Å². The number of furan rings is 1. The summed E-state index contributed by atoms with van der Waals surface area (Å²) >= 11 is 0. The van der Waals surface area contributed by atoms with Gasteiger partial charge in [0.2, 0.25) is 0 Å². The monoisotopic (exact) mass is 302 g/mol. The van der Waals surface area contributed by atoms with Crippen molar-refractivity contribution in [3.63, 3.8) is 0 Å². The van der Waals surface area contributed by atoms with Crippen LogP contribution in [0.2, 0.25) is 0 Å². The first-order valence-electron chi connectivity index (χ1n) is 6.32. The first-order chi connectivity index (χ1) is 10.6. The van der Waals surface area contributed by atoms with Gasteiger partial charge in [-0.2, -0.15) is 0 Å². The molecule has 0 radical (unpaired) electrons. The van der Waals surface area contributed by atoms with Crippen molar-refractivity contribution in [2.75, 3.05) is 0 Å². The maximum Gasteiger partial charge on any atom is 0.318 e. The van der Waals surface area contributed by atoms with E-state index in [4.69, 9.17) is 10.3 Å². The van der Waals surface area contributed by atoms with E-state index in [9.17, 15) is 14.8 Å². The molecule has 114 valence electrons. The van der Waals surface area contributed by atoms with Gasteiger partial charge in [0.15, 0.2) is 6.10 Å². The average molecular weight is 302 g/mol. The fourth-order valence-corrected chi connectivity index (χ4v) is 2.16. The van der Waals surface area contributed by atoms with Crippen LogP contribution in [0.5, 0.6) is 5.75 Å². The Hall–Kier alpha value is -2.77. The Labute approximate surface area is 125 Å². The predicted octanol–water partition coefficient (Wildman–Crippen LogP) is 2.33. The van der Waals surface area contributed by atoms with Crippen LogP contribution < -0.4 is 5.90 Å². The second-order valence-electron chi connectivity index (χ2n) is 4.55. The number of nitrogens with two attached hydrogens (primary N) is 1. The van der Waals surface area contributed by atoms with E-state index in [1.54, 1.807) is 24.3 Å². The molecule has 0 fully saturated rings. The largest absolute Gasteiger partial charge is 0.508 e. The van der Waals surface area contributed by atoms with Gasteiger partial charge in [0.25, 0.3) is 0 Å². The number of aromatic hydroxyl groups is 1. The van der Waals surface area contributed by atoms with Gasteiger partial charge >= 0.3 is 5.91 Å². The third-order valence-electron chi connectivity index (χ3n) is 3.25. The van der Waals surface area contributed by atoms with Crippen molar-refractivity contribution in [1.82, 2.24) is 0 Å². The second kappa shape index (κ2) is 6.79. The fraction of sp³-hybridized carbons (Fsp3) is 0.133. The summed E-state index contributed by atoms with van der Waals surface area (Å²) in [5, 5.41) is 11.7. The van der Waals surface area contributed by atoms with Crippen LogP contribution in [0.15, 0.2) is 58.8 Å². The van der Waals surface area contributed by atoms with Crippen molar-refractivity contribution in [2.24, 2.45) is 11.1 Å². The number of nitrogens with zero attached hydrogens (tertiary/aromatic N) is 1. The normalized spacial score (nSPS) is 13.3. The minimum atomic E-state index is -1.36. The van der Waals surface area contributed by atoms with Crippen molar-refractivity contribution < 1.29 is 19.2 Å². The van der Waals surface area contributed by atoms with Crippen molar-refractivity contribution in [3.8, 4) is 5.75 Å². The molecule has 0 aliphatic heterocycles. The average Bonchev–Trinajstić information content (AvgIpc) is 3.05. The quantitative estimate of drug-likeness (QED) is 0.625. The molecule has 22 heavy (non-hydrogen) atoms. The molecule has 2 rings (SSSR count). The molecule has 7 heteroatoms. The summed E-state index contributed by atoms with van der Waals surface area (Å²) in [5.74, 6) is 3.70. The van der Waals surface area contributed by atoms with Crippen molar-refractivity contribution >= 4 is 11.5 Å². The molecular weight excluding hydrogens is 288 g/mol. The second-order valence-corrected chi connectivity index (χ2v) is 4.55. The summed E-state index contributed by atoms with van der Waals surface area (Å²) in [6.07, 6.45) is 0.0590. The van der Waals surface area contributed by atoms with E-state index >= 15 is 0 Å². The molecule has 2 aromatic rings. The Balaban J connectivity index is 2.44. The summed E-state index contributed by atoms with van der Waals surface area (Å²) in [5.41, 5.74) is 1.06. The molecule has 1 aromatic carbocycles. The minimum Gasteiger partial charge on any atom is -0.508 e. The maximum absolute atomic E-state index is 11.7. The molecule has 0 bridgehead atoms. The highest BCUT2D eigenvalue weighted by Crippen LogP contribution is 2.36. The lowest BCUT2D eigenvalue weighted by Gasteiger charge is -2.22. The van der Waals surface area contributed by atoms with Crippen LogP contribution in [-0.2, 0) is 9.63 Å². The third-order valence-corrected chi connectivity index (χ3v) is 3.25. The lowest BCUT2D eigenvalue weighted by atomic mass is 9.87. The Morgan fingerprint density at radius 2 is 2.00 bits per heavy atom. The molecule has 2 atom stereocenters. The van der Waals surface area contributed by atoms with Crippen LogP contribution >= 0.6 is 0 Å². The highest BCUT2D eigenvalue weighted by molar-refractivity contribution is 5.86. The van der Waals surface area contributed by atoms with Crippen LogP contribution in [0.4, 0.5) is 0 Å². The Morgan fingerprint density at radius 1 is 1.32 bits per heavy atom. The molecule has 3 N–H and O–H groups in total. The smallest absolute Gasteiger partial charge is 0.318 e. The van der Waals surface area contributed by atoms with Gasteiger partial charge in [0.1, 0.15) is 11.5 Å². The number of phenols is 1. The third kappa shape index (κ3) is 3.11. The van der Waals surface area contributed by atoms with Gasteiger partial charge in [-0.25, -0.2) is 5.90 Å². The Bertz CT molecular complexity index is 664. The van der Waals surface area contributed by atoms with E-state index in [0.29, 0.717) is 16.9 Å². The van der Waals surface area contributed by atoms with E-state index in [1.165, 1.54) is 18.4 Å². The van der Waals surface area contributed by atoms with Crippen molar-refractivity contribution in [1.29, 1.82) is 0 Å². The first kappa shape index (κ1) is 15.6. The summed E-state index contributed by atoms with van der Waals surface area (Å²) in [4.78, 5) is 26.9. The maximum atomic E-state index is 11.7. The topological polar surface area (TPSA) is 115 Å².